The molecule has 1 N–H and O–H groups in total. The minimum atomic E-state index is -0.948. The summed E-state index contributed by atoms with van der Waals surface area (Å²) in [5, 5.41) is 7.38. The molecule has 0 saturated heterocycles. The molecule has 0 spiro atoms. The van der Waals surface area contributed by atoms with Crippen LogP contribution in [0, 0.1) is 13.8 Å². The SMILES string of the molecule is CC[C@@H](C)c1ccccc1NC(=O)[C@@H](C)OC(=O)c1c(C)nn(-c2ccccc2)c1C. The Morgan fingerprint density at radius 2 is 1.68 bits per heavy atom. The fraction of sp³-hybridized carbons (Fsp3) is 0.320. The van der Waals surface area contributed by atoms with Crippen molar-refractivity contribution in [2.75, 3.05) is 5.32 Å². The summed E-state index contributed by atoms with van der Waals surface area (Å²) in [6.07, 6.45) is 0.0119. The maximum Gasteiger partial charge on any atom is 0.342 e. The molecule has 3 rings (SSSR count). The number of carbonyl (C=O) groups is 2. The molecule has 1 aromatic heterocycles. The van der Waals surface area contributed by atoms with E-state index in [9.17, 15) is 9.59 Å². The number of ether oxygens (including phenoxy) is 1. The van der Waals surface area contributed by atoms with Gasteiger partial charge in [-0.1, -0.05) is 50.2 Å². The van der Waals surface area contributed by atoms with Gasteiger partial charge in [0.25, 0.3) is 5.91 Å². The molecular weight excluding hydrogens is 390 g/mol. The van der Waals surface area contributed by atoms with Gasteiger partial charge in [0.1, 0.15) is 5.56 Å². The van der Waals surface area contributed by atoms with Crippen molar-refractivity contribution in [3.8, 4) is 5.69 Å². The smallest absolute Gasteiger partial charge is 0.342 e. The van der Waals surface area contributed by atoms with Crippen molar-refractivity contribution >= 4 is 17.6 Å². The molecule has 6 heteroatoms. The highest BCUT2D eigenvalue weighted by Gasteiger charge is 2.25. The summed E-state index contributed by atoms with van der Waals surface area (Å²) in [6.45, 7) is 9.37. The van der Waals surface area contributed by atoms with Crippen molar-refractivity contribution in [3.05, 3.63) is 77.1 Å². The Hall–Kier alpha value is -3.41. The van der Waals surface area contributed by atoms with Crippen LogP contribution in [0.1, 0.15) is 60.4 Å². The first-order valence-electron chi connectivity index (χ1n) is 10.6. The van der Waals surface area contributed by atoms with Crippen LogP contribution in [0.5, 0.6) is 0 Å². The lowest BCUT2D eigenvalue weighted by Gasteiger charge is -2.18. The number of carbonyl (C=O) groups excluding carboxylic acids is 2. The van der Waals surface area contributed by atoms with E-state index in [2.05, 4.69) is 24.3 Å². The molecule has 0 radical (unpaired) electrons. The fourth-order valence-corrected chi connectivity index (χ4v) is 3.53. The molecule has 2 atom stereocenters. The predicted molar refractivity (Wildman–Crippen MR) is 122 cm³/mol. The molecule has 2 aromatic carbocycles. The summed E-state index contributed by atoms with van der Waals surface area (Å²) in [6, 6.07) is 17.3. The molecule has 0 fully saturated rings. The average molecular weight is 420 g/mol. The highest BCUT2D eigenvalue weighted by molar-refractivity contribution is 5.98. The van der Waals surface area contributed by atoms with Crippen LogP contribution < -0.4 is 5.32 Å². The molecule has 3 aromatic rings. The van der Waals surface area contributed by atoms with Crippen LogP contribution >= 0.6 is 0 Å². The fourth-order valence-electron chi connectivity index (χ4n) is 3.53. The standard InChI is InChI=1S/C25H29N3O3/c1-6-16(2)21-14-10-11-15-22(21)26-24(29)19(5)31-25(30)23-17(3)27-28(18(23)4)20-12-8-7-9-13-20/h7-16,19H,6H2,1-5H3,(H,26,29)/t16-,19-/m1/s1. The van der Waals surface area contributed by atoms with Crippen LogP contribution in [-0.4, -0.2) is 27.8 Å². The van der Waals surface area contributed by atoms with E-state index in [1.165, 1.54) is 0 Å². The summed E-state index contributed by atoms with van der Waals surface area (Å²) < 4.78 is 7.21. The van der Waals surface area contributed by atoms with Crippen molar-refractivity contribution < 1.29 is 14.3 Å². The van der Waals surface area contributed by atoms with Crippen molar-refractivity contribution in [2.24, 2.45) is 0 Å². The van der Waals surface area contributed by atoms with Gasteiger partial charge in [-0.3, -0.25) is 4.79 Å². The number of esters is 1. The normalized spacial score (nSPS) is 12.8. The van der Waals surface area contributed by atoms with Gasteiger partial charge in [0.2, 0.25) is 0 Å². The quantitative estimate of drug-likeness (QED) is 0.535. The number of rotatable bonds is 7. The molecule has 6 nitrogen and oxygen atoms in total. The molecule has 0 aliphatic heterocycles. The highest BCUT2D eigenvalue weighted by Crippen LogP contribution is 2.27. The zero-order valence-electron chi connectivity index (χ0n) is 18.7. The van der Waals surface area contributed by atoms with Crippen LogP contribution in [0.4, 0.5) is 5.69 Å². The Kier molecular flexibility index (Phi) is 6.90. The second-order valence-electron chi connectivity index (χ2n) is 7.73. The van der Waals surface area contributed by atoms with Gasteiger partial charge in [0.15, 0.2) is 6.10 Å². The number of hydrogen-bond donors (Lipinski definition) is 1. The number of aromatic nitrogens is 2. The third-order valence-corrected chi connectivity index (χ3v) is 5.51. The van der Waals surface area contributed by atoms with E-state index in [0.29, 0.717) is 22.9 Å². The van der Waals surface area contributed by atoms with Crippen molar-refractivity contribution in [1.82, 2.24) is 9.78 Å². The molecular formula is C25H29N3O3. The lowest BCUT2D eigenvalue weighted by Crippen LogP contribution is -2.30. The summed E-state index contributed by atoms with van der Waals surface area (Å²) in [4.78, 5) is 25.6. The number of benzene rings is 2. The van der Waals surface area contributed by atoms with E-state index in [4.69, 9.17) is 4.74 Å². The monoisotopic (exact) mass is 419 g/mol. The number of hydrogen-bond acceptors (Lipinski definition) is 4. The van der Waals surface area contributed by atoms with Gasteiger partial charge >= 0.3 is 5.97 Å². The number of para-hydroxylation sites is 2. The minimum Gasteiger partial charge on any atom is -0.449 e. The van der Waals surface area contributed by atoms with Crippen molar-refractivity contribution in [2.45, 2.75) is 53.1 Å². The van der Waals surface area contributed by atoms with Crippen molar-refractivity contribution in [3.63, 3.8) is 0 Å². The van der Waals surface area contributed by atoms with E-state index in [-0.39, 0.29) is 5.91 Å². The van der Waals surface area contributed by atoms with Crippen LogP contribution in [-0.2, 0) is 9.53 Å². The molecule has 0 unspecified atom stereocenters. The van der Waals surface area contributed by atoms with Crippen LogP contribution in [0.15, 0.2) is 54.6 Å². The van der Waals surface area contributed by atoms with Crippen LogP contribution in [0.25, 0.3) is 5.69 Å². The maximum atomic E-state index is 12.9. The Morgan fingerprint density at radius 1 is 1.03 bits per heavy atom. The Morgan fingerprint density at radius 3 is 2.35 bits per heavy atom. The Balaban J connectivity index is 1.74. The highest BCUT2D eigenvalue weighted by atomic mass is 16.5. The third-order valence-electron chi connectivity index (χ3n) is 5.51. The molecule has 0 aliphatic rings. The lowest BCUT2D eigenvalue weighted by atomic mass is 9.97. The minimum absolute atomic E-state index is 0.309. The predicted octanol–water partition coefficient (Wildman–Crippen LogP) is 5.19. The largest absolute Gasteiger partial charge is 0.449 e. The molecule has 1 amide bonds. The van der Waals surface area contributed by atoms with Crippen molar-refractivity contribution in [1.29, 1.82) is 0 Å². The number of nitrogens with one attached hydrogen (secondary N) is 1. The van der Waals surface area contributed by atoms with E-state index in [1.807, 2.05) is 61.5 Å². The summed E-state index contributed by atoms with van der Waals surface area (Å²) in [7, 11) is 0. The first-order valence-corrected chi connectivity index (χ1v) is 10.6. The van der Waals surface area contributed by atoms with Gasteiger partial charge in [-0.05, 0) is 56.9 Å². The summed E-state index contributed by atoms with van der Waals surface area (Å²) in [5.41, 5.74) is 4.27. The average Bonchev–Trinajstić information content (AvgIpc) is 3.08. The zero-order valence-corrected chi connectivity index (χ0v) is 18.7. The maximum absolute atomic E-state index is 12.9. The topological polar surface area (TPSA) is 73.2 Å². The zero-order chi connectivity index (χ0) is 22.5. The van der Waals surface area contributed by atoms with Crippen LogP contribution in [0.3, 0.4) is 0 Å². The summed E-state index contributed by atoms with van der Waals surface area (Å²) >= 11 is 0. The number of amides is 1. The molecule has 0 saturated carbocycles. The summed E-state index contributed by atoms with van der Waals surface area (Å²) in [5.74, 6) is -0.617. The molecule has 1 heterocycles. The Labute approximate surface area is 183 Å². The number of anilines is 1. The number of aryl methyl sites for hydroxylation is 1. The van der Waals surface area contributed by atoms with Gasteiger partial charge in [0, 0.05) is 5.69 Å². The van der Waals surface area contributed by atoms with Gasteiger partial charge < -0.3 is 10.1 Å². The second kappa shape index (κ2) is 9.60. The second-order valence-corrected chi connectivity index (χ2v) is 7.73. The van der Waals surface area contributed by atoms with E-state index in [0.717, 1.165) is 23.4 Å². The number of nitrogens with zero attached hydrogens (tertiary/aromatic N) is 2. The van der Waals surface area contributed by atoms with E-state index >= 15 is 0 Å². The van der Waals surface area contributed by atoms with Gasteiger partial charge in [-0.15, -0.1) is 0 Å². The molecule has 31 heavy (non-hydrogen) atoms. The molecule has 0 bridgehead atoms. The van der Waals surface area contributed by atoms with Gasteiger partial charge in [0.05, 0.1) is 17.1 Å². The molecule has 162 valence electrons. The first-order chi connectivity index (χ1) is 14.8. The van der Waals surface area contributed by atoms with E-state index < -0.39 is 12.1 Å². The third kappa shape index (κ3) is 4.85. The van der Waals surface area contributed by atoms with E-state index in [1.54, 1.807) is 18.5 Å². The van der Waals surface area contributed by atoms with Gasteiger partial charge in [-0.2, -0.15) is 5.10 Å². The van der Waals surface area contributed by atoms with Gasteiger partial charge in [-0.25, -0.2) is 9.48 Å². The Bertz CT molecular complexity index is 1070. The lowest BCUT2D eigenvalue weighted by molar-refractivity contribution is -0.123. The first kappa shape index (κ1) is 22.3. The van der Waals surface area contributed by atoms with Crippen LogP contribution in [0.2, 0.25) is 0 Å². The molecule has 0 aliphatic carbocycles.